The van der Waals surface area contributed by atoms with Crippen molar-refractivity contribution in [2.75, 3.05) is 14.2 Å². The Kier molecular flexibility index (Phi) is 4.28. The number of nitrogens with zero attached hydrogens (tertiary/aromatic N) is 1. The summed E-state index contributed by atoms with van der Waals surface area (Å²) in [4.78, 5) is 22.4. The lowest BCUT2D eigenvalue weighted by Gasteiger charge is -2.11. The number of nitro benzene ring substituents is 1. The average Bonchev–Trinajstić information content (AvgIpc) is 2.99. The van der Waals surface area contributed by atoms with Gasteiger partial charge in [0, 0.05) is 33.3 Å². The van der Waals surface area contributed by atoms with Gasteiger partial charge in [-0.2, -0.15) is 0 Å². The number of thiophene rings is 1. The maximum absolute atomic E-state index is 11.7. The third-order valence-corrected chi connectivity index (χ3v) is 4.91. The first-order valence-corrected chi connectivity index (χ1v) is 7.94. The second kappa shape index (κ2) is 6.40. The summed E-state index contributed by atoms with van der Waals surface area (Å²) >= 11 is 1.06. The summed E-state index contributed by atoms with van der Waals surface area (Å²) in [6.07, 6.45) is 0. The molecular formula is C17H13NO6S. The fraction of sp³-hybridized carbons (Fsp3) is 0.118. The zero-order chi connectivity index (χ0) is 18.1. The number of carboxylic acid groups (broad SMARTS) is 1. The molecule has 0 spiro atoms. The molecule has 7 nitrogen and oxygen atoms in total. The first-order chi connectivity index (χ1) is 12.0. The standard InChI is InChI=1S/C17H13NO6S/c1-23-10-4-5-13(24-2)11(8-10)15-12-7-9(18(21)22)3-6-14(12)25-16(15)17(19)20/h3-8H,1-2H3,(H,19,20). The second-order valence-corrected chi connectivity index (χ2v) is 6.17. The molecule has 0 fully saturated rings. The van der Waals surface area contributed by atoms with Crippen LogP contribution in [0.2, 0.25) is 0 Å². The maximum Gasteiger partial charge on any atom is 0.346 e. The van der Waals surface area contributed by atoms with Crippen molar-refractivity contribution in [2.24, 2.45) is 0 Å². The van der Waals surface area contributed by atoms with Crippen LogP contribution in [-0.4, -0.2) is 30.2 Å². The number of carboxylic acids is 1. The smallest absolute Gasteiger partial charge is 0.346 e. The van der Waals surface area contributed by atoms with Crippen LogP contribution in [0.3, 0.4) is 0 Å². The number of ether oxygens (including phenoxy) is 2. The lowest BCUT2D eigenvalue weighted by molar-refractivity contribution is -0.384. The van der Waals surface area contributed by atoms with Crippen LogP contribution in [0.25, 0.3) is 21.2 Å². The van der Waals surface area contributed by atoms with Crippen LogP contribution in [0.15, 0.2) is 36.4 Å². The molecule has 25 heavy (non-hydrogen) atoms. The van der Waals surface area contributed by atoms with E-state index in [-0.39, 0.29) is 10.6 Å². The minimum absolute atomic E-state index is 0.0852. The third-order valence-electron chi connectivity index (χ3n) is 3.75. The van der Waals surface area contributed by atoms with Crippen LogP contribution in [0, 0.1) is 10.1 Å². The lowest BCUT2D eigenvalue weighted by atomic mass is 10.00. The highest BCUT2D eigenvalue weighted by Crippen LogP contribution is 2.44. The summed E-state index contributed by atoms with van der Waals surface area (Å²) in [5.41, 5.74) is 0.781. The molecule has 0 amide bonds. The summed E-state index contributed by atoms with van der Waals surface area (Å²) < 4.78 is 11.2. The van der Waals surface area contributed by atoms with E-state index in [4.69, 9.17) is 9.47 Å². The normalized spacial score (nSPS) is 10.6. The van der Waals surface area contributed by atoms with Crippen LogP contribution in [0.1, 0.15) is 9.67 Å². The van der Waals surface area contributed by atoms with Gasteiger partial charge in [0.25, 0.3) is 5.69 Å². The van der Waals surface area contributed by atoms with Crippen molar-refractivity contribution in [1.29, 1.82) is 0 Å². The lowest BCUT2D eigenvalue weighted by Crippen LogP contribution is -1.97. The quantitative estimate of drug-likeness (QED) is 0.542. The van der Waals surface area contributed by atoms with Gasteiger partial charge >= 0.3 is 5.97 Å². The Labute approximate surface area is 146 Å². The molecule has 1 aromatic heterocycles. The van der Waals surface area contributed by atoms with Crippen molar-refractivity contribution in [3.05, 3.63) is 51.4 Å². The zero-order valence-electron chi connectivity index (χ0n) is 13.3. The van der Waals surface area contributed by atoms with E-state index in [2.05, 4.69) is 0 Å². The average molecular weight is 359 g/mol. The second-order valence-electron chi connectivity index (χ2n) is 5.12. The van der Waals surface area contributed by atoms with Crippen LogP contribution < -0.4 is 9.47 Å². The SMILES string of the molecule is COc1ccc(OC)c(-c2c(C(=O)O)sc3ccc([N+](=O)[O-])cc23)c1. The van der Waals surface area contributed by atoms with Crippen molar-refractivity contribution < 1.29 is 24.3 Å². The molecule has 3 aromatic rings. The highest BCUT2D eigenvalue weighted by Gasteiger charge is 2.24. The van der Waals surface area contributed by atoms with E-state index in [1.165, 1.54) is 26.4 Å². The number of benzene rings is 2. The first kappa shape index (κ1) is 16.7. The van der Waals surface area contributed by atoms with E-state index in [0.717, 1.165) is 11.3 Å². The molecule has 0 aliphatic rings. The van der Waals surface area contributed by atoms with E-state index in [0.29, 0.717) is 32.7 Å². The van der Waals surface area contributed by atoms with Crippen molar-refractivity contribution in [1.82, 2.24) is 0 Å². The molecule has 0 bridgehead atoms. The Morgan fingerprint density at radius 1 is 1.16 bits per heavy atom. The zero-order valence-corrected chi connectivity index (χ0v) is 14.1. The minimum atomic E-state index is -1.11. The van der Waals surface area contributed by atoms with Gasteiger partial charge in [-0.05, 0) is 24.3 Å². The summed E-state index contributed by atoms with van der Waals surface area (Å²) in [5.74, 6) is -0.129. The van der Waals surface area contributed by atoms with Crippen LogP contribution in [-0.2, 0) is 0 Å². The summed E-state index contributed by atoms with van der Waals surface area (Å²) in [6, 6.07) is 9.32. The topological polar surface area (TPSA) is 98.9 Å². The predicted octanol–water partition coefficient (Wildman–Crippen LogP) is 4.19. The molecule has 0 aliphatic carbocycles. The highest BCUT2D eigenvalue weighted by molar-refractivity contribution is 7.21. The number of hydrogen-bond acceptors (Lipinski definition) is 6. The van der Waals surface area contributed by atoms with E-state index in [9.17, 15) is 20.0 Å². The fourth-order valence-electron chi connectivity index (χ4n) is 2.63. The number of carbonyl (C=O) groups is 1. The van der Waals surface area contributed by atoms with Gasteiger partial charge in [0.1, 0.15) is 16.4 Å². The maximum atomic E-state index is 11.7. The van der Waals surface area contributed by atoms with Gasteiger partial charge in [-0.3, -0.25) is 10.1 Å². The fourth-order valence-corrected chi connectivity index (χ4v) is 3.66. The first-order valence-electron chi connectivity index (χ1n) is 7.13. The molecular weight excluding hydrogens is 346 g/mol. The molecule has 2 aromatic carbocycles. The van der Waals surface area contributed by atoms with Crippen LogP contribution >= 0.6 is 11.3 Å². The molecule has 0 saturated heterocycles. The minimum Gasteiger partial charge on any atom is -0.497 e. The van der Waals surface area contributed by atoms with E-state index in [1.807, 2.05) is 0 Å². The molecule has 8 heteroatoms. The van der Waals surface area contributed by atoms with Gasteiger partial charge < -0.3 is 14.6 Å². The predicted molar refractivity (Wildman–Crippen MR) is 94.0 cm³/mol. The number of methoxy groups -OCH3 is 2. The van der Waals surface area contributed by atoms with Gasteiger partial charge in [0.15, 0.2) is 0 Å². The van der Waals surface area contributed by atoms with Crippen molar-refractivity contribution in [3.8, 4) is 22.6 Å². The van der Waals surface area contributed by atoms with E-state index < -0.39 is 10.9 Å². The van der Waals surface area contributed by atoms with Crippen molar-refractivity contribution in [2.45, 2.75) is 0 Å². The number of fused-ring (bicyclic) bond motifs is 1. The summed E-state index contributed by atoms with van der Waals surface area (Å²) in [6.45, 7) is 0. The molecule has 3 rings (SSSR count). The molecule has 1 heterocycles. The molecule has 0 saturated carbocycles. The largest absolute Gasteiger partial charge is 0.497 e. The summed E-state index contributed by atoms with van der Waals surface area (Å²) in [5, 5.41) is 21.2. The Hall–Kier alpha value is -3.13. The monoisotopic (exact) mass is 359 g/mol. The van der Waals surface area contributed by atoms with Gasteiger partial charge in [0.05, 0.1) is 19.1 Å². The molecule has 0 atom stereocenters. The van der Waals surface area contributed by atoms with E-state index >= 15 is 0 Å². The third kappa shape index (κ3) is 2.87. The molecule has 0 unspecified atom stereocenters. The Morgan fingerprint density at radius 2 is 1.92 bits per heavy atom. The highest BCUT2D eigenvalue weighted by atomic mass is 32.1. The number of aromatic carboxylic acids is 1. The Balaban J connectivity index is 2.41. The van der Waals surface area contributed by atoms with Gasteiger partial charge in [-0.1, -0.05) is 0 Å². The number of hydrogen-bond donors (Lipinski definition) is 1. The van der Waals surface area contributed by atoms with Crippen molar-refractivity contribution >= 4 is 33.1 Å². The molecule has 0 aliphatic heterocycles. The van der Waals surface area contributed by atoms with Gasteiger partial charge in [-0.25, -0.2) is 4.79 Å². The van der Waals surface area contributed by atoms with Gasteiger partial charge in [0.2, 0.25) is 0 Å². The molecule has 128 valence electrons. The number of rotatable bonds is 5. The van der Waals surface area contributed by atoms with Crippen LogP contribution in [0.4, 0.5) is 5.69 Å². The Bertz CT molecular complexity index is 994. The van der Waals surface area contributed by atoms with Crippen LogP contribution in [0.5, 0.6) is 11.5 Å². The van der Waals surface area contributed by atoms with Crippen molar-refractivity contribution in [3.63, 3.8) is 0 Å². The number of non-ortho nitro benzene ring substituents is 1. The summed E-state index contributed by atoms with van der Waals surface area (Å²) in [7, 11) is 2.98. The molecule has 1 N–H and O–H groups in total. The van der Waals surface area contributed by atoms with Gasteiger partial charge in [-0.15, -0.1) is 11.3 Å². The Morgan fingerprint density at radius 3 is 2.52 bits per heavy atom. The van der Waals surface area contributed by atoms with E-state index in [1.54, 1.807) is 24.3 Å². The number of nitro groups is 1. The molecule has 0 radical (unpaired) electrons.